The van der Waals surface area contributed by atoms with Gasteiger partial charge in [0.15, 0.2) is 11.6 Å². The summed E-state index contributed by atoms with van der Waals surface area (Å²) < 4.78 is 13.1. The first kappa shape index (κ1) is 39.4. The fourth-order valence-electron chi connectivity index (χ4n) is 6.14. The third-order valence-corrected chi connectivity index (χ3v) is 8.60. The molecule has 2 aromatic heterocycles. The molecule has 0 fully saturated rings. The Labute approximate surface area is 299 Å². The van der Waals surface area contributed by atoms with Crippen molar-refractivity contribution < 1.29 is 29.0 Å². The molecule has 13 nitrogen and oxygen atoms in total. The zero-order chi connectivity index (χ0) is 37.1. The minimum absolute atomic E-state index is 0.0132. The van der Waals surface area contributed by atoms with E-state index in [-0.39, 0.29) is 55.6 Å². The van der Waals surface area contributed by atoms with Crippen LogP contribution in [-0.4, -0.2) is 69.3 Å². The molecule has 2 atom stereocenters. The van der Waals surface area contributed by atoms with Crippen molar-refractivity contribution in [1.82, 2.24) is 19.9 Å². The van der Waals surface area contributed by atoms with Gasteiger partial charge in [0.05, 0.1) is 29.2 Å². The number of imidazole rings is 1. The minimum atomic E-state index is -1.04. The molecule has 2 amide bonds. The van der Waals surface area contributed by atoms with Crippen LogP contribution in [0.1, 0.15) is 71.7 Å². The highest BCUT2D eigenvalue weighted by Gasteiger charge is 2.28. The minimum Gasteiger partial charge on any atom is -0.444 e. The second-order valence-electron chi connectivity index (χ2n) is 13.8. The van der Waals surface area contributed by atoms with E-state index in [4.69, 9.17) is 20.2 Å². The van der Waals surface area contributed by atoms with Crippen molar-refractivity contribution in [3.63, 3.8) is 0 Å². The van der Waals surface area contributed by atoms with E-state index in [1.807, 2.05) is 49.6 Å². The summed E-state index contributed by atoms with van der Waals surface area (Å²) in [5, 5.41) is 20.3. The van der Waals surface area contributed by atoms with Crippen molar-refractivity contribution in [2.75, 3.05) is 30.8 Å². The van der Waals surface area contributed by atoms with Crippen LogP contribution in [0, 0.1) is 11.8 Å². The third kappa shape index (κ3) is 10.8. The molecule has 0 bridgehead atoms. The van der Waals surface area contributed by atoms with E-state index >= 15 is 0 Å². The highest BCUT2D eigenvalue weighted by atomic mass is 16.5. The first-order valence-corrected chi connectivity index (χ1v) is 17.7. The molecule has 0 spiro atoms. The van der Waals surface area contributed by atoms with Crippen LogP contribution in [0.2, 0.25) is 0 Å². The summed E-state index contributed by atoms with van der Waals surface area (Å²) in [4.78, 5) is 48.8. The van der Waals surface area contributed by atoms with Gasteiger partial charge in [0.25, 0.3) is 0 Å². The lowest BCUT2D eigenvalue weighted by Gasteiger charge is -2.22. The Bertz CT molecular complexity index is 1780. The summed E-state index contributed by atoms with van der Waals surface area (Å²) in [6.45, 7) is 10.8. The lowest BCUT2D eigenvalue weighted by atomic mass is 9.89. The van der Waals surface area contributed by atoms with Gasteiger partial charge in [0, 0.05) is 30.0 Å². The number of unbranched alkanes of at least 4 members (excludes halogenated alkanes) is 1. The lowest BCUT2D eigenvalue weighted by molar-refractivity contribution is -0.128. The molecule has 51 heavy (non-hydrogen) atoms. The Kier molecular flexibility index (Phi) is 14.0. The number of hydrogen-bond acceptors (Lipinski definition) is 10. The van der Waals surface area contributed by atoms with Crippen molar-refractivity contribution in [3.8, 4) is 0 Å². The molecule has 6 N–H and O–H groups in total. The number of aliphatic hydroxyl groups is 1. The van der Waals surface area contributed by atoms with Crippen molar-refractivity contribution in [3.05, 3.63) is 59.9 Å². The van der Waals surface area contributed by atoms with E-state index in [2.05, 4.69) is 20.9 Å². The van der Waals surface area contributed by atoms with E-state index in [1.54, 1.807) is 45.2 Å². The number of nitrogens with one attached hydrogen (secondary N) is 3. The average Bonchev–Trinajstić information content (AvgIpc) is 3.43. The number of likely N-dealkylation sites (N-methyl/N-ethyl adjacent to an activating group) is 1. The largest absolute Gasteiger partial charge is 0.444 e. The highest BCUT2D eigenvalue weighted by Crippen LogP contribution is 2.32. The number of amides is 2. The number of pyridine rings is 1. The maximum Gasteiger partial charge on any atom is 0.413 e. The number of nitrogens with two attached hydrogens (primary N) is 1. The fraction of sp³-hybridized carbons (Fsp3) is 0.500. The van der Waals surface area contributed by atoms with E-state index in [0.717, 1.165) is 23.7 Å². The predicted molar refractivity (Wildman–Crippen MR) is 199 cm³/mol. The average molecular weight is 704 g/mol. The maximum absolute atomic E-state index is 13.3. The quantitative estimate of drug-likeness (QED) is 0.0779. The summed E-state index contributed by atoms with van der Waals surface area (Å²) in [6, 6.07) is 14.2. The van der Waals surface area contributed by atoms with Gasteiger partial charge in [-0.1, -0.05) is 50.6 Å². The van der Waals surface area contributed by atoms with E-state index < -0.39 is 17.6 Å². The molecular weight excluding hydrogens is 650 g/mol. The number of aromatic nitrogens is 3. The number of anilines is 2. The van der Waals surface area contributed by atoms with Crippen LogP contribution in [-0.2, 0) is 38.8 Å². The molecule has 4 aromatic rings. The molecule has 13 heteroatoms. The van der Waals surface area contributed by atoms with Gasteiger partial charge in [-0.05, 0) is 76.9 Å². The molecule has 2 heterocycles. The molecule has 0 unspecified atom stereocenters. The van der Waals surface area contributed by atoms with Gasteiger partial charge in [-0.15, -0.1) is 0 Å². The predicted octanol–water partition coefficient (Wildman–Crippen LogP) is 5.53. The van der Waals surface area contributed by atoms with Gasteiger partial charge < -0.3 is 35.5 Å². The summed E-state index contributed by atoms with van der Waals surface area (Å²) in [5.74, 6) is 0.260. The number of hydrogen-bond donors (Lipinski definition) is 5. The van der Waals surface area contributed by atoms with Crippen molar-refractivity contribution >= 4 is 51.2 Å². The number of carbonyl (C=O) groups excluding carboxylic acids is 3. The normalized spacial score (nSPS) is 13.0. The van der Waals surface area contributed by atoms with Crippen molar-refractivity contribution in [1.29, 1.82) is 0 Å². The number of para-hydroxylation sites is 1. The van der Waals surface area contributed by atoms with Gasteiger partial charge in [-0.25, -0.2) is 14.8 Å². The van der Waals surface area contributed by atoms with Gasteiger partial charge in [0.2, 0.25) is 5.91 Å². The van der Waals surface area contributed by atoms with Gasteiger partial charge in [0.1, 0.15) is 24.6 Å². The molecular formula is C38H53N7O6. The van der Waals surface area contributed by atoms with Gasteiger partial charge in [-0.2, -0.15) is 0 Å². The maximum atomic E-state index is 13.3. The zero-order valence-electron chi connectivity index (χ0n) is 30.6. The summed E-state index contributed by atoms with van der Waals surface area (Å²) in [6.07, 6.45) is 1.53. The molecule has 2 aromatic carbocycles. The van der Waals surface area contributed by atoms with Crippen LogP contribution in [0.25, 0.3) is 21.9 Å². The zero-order valence-corrected chi connectivity index (χ0v) is 30.6. The number of ketones is 1. The molecule has 0 saturated heterocycles. The van der Waals surface area contributed by atoms with Crippen LogP contribution >= 0.6 is 0 Å². The van der Waals surface area contributed by atoms with Crippen LogP contribution in [0.5, 0.6) is 0 Å². The molecule has 0 radical (unpaired) electrons. The second-order valence-corrected chi connectivity index (χ2v) is 13.8. The number of rotatable bonds is 19. The van der Waals surface area contributed by atoms with Crippen LogP contribution in [0.4, 0.5) is 16.3 Å². The topological polar surface area (TPSA) is 183 Å². The lowest BCUT2D eigenvalue weighted by Crippen LogP contribution is -2.40. The number of ether oxygens (including phenoxy) is 2. The first-order chi connectivity index (χ1) is 24.3. The molecule has 0 aliphatic carbocycles. The van der Waals surface area contributed by atoms with Crippen LogP contribution in [0.15, 0.2) is 48.5 Å². The van der Waals surface area contributed by atoms with Crippen LogP contribution in [0.3, 0.4) is 0 Å². The molecule has 0 saturated carbocycles. The molecule has 0 aliphatic rings. The van der Waals surface area contributed by atoms with E-state index in [9.17, 15) is 19.5 Å². The molecule has 4 rings (SSSR count). The van der Waals surface area contributed by atoms with E-state index in [1.165, 1.54) is 0 Å². The van der Waals surface area contributed by atoms with Crippen LogP contribution < -0.4 is 21.7 Å². The fourth-order valence-corrected chi connectivity index (χ4v) is 6.14. The van der Waals surface area contributed by atoms with Crippen molar-refractivity contribution in [2.24, 2.45) is 17.6 Å². The Morgan fingerprint density at radius 3 is 2.37 bits per heavy atom. The SMILES string of the molecule is CCOCc1nc2c(NC(=O)OCc3ccc(NC(=O)[C@H](CCCCN)CC(=O)[C@@H](NC)C(C)C)cc3)nc3ccccc3c2n1CC(C)(C)O. The Morgan fingerprint density at radius 2 is 1.73 bits per heavy atom. The summed E-state index contributed by atoms with van der Waals surface area (Å²) >= 11 is 0. The van der Waals surface area contributed by atoms with Gasteiger partial charge >= 0.3 is 6.09 Å². The monoisotopic (exact) mass is 703 g/mol. The third-order valence-electron chi connectivity index (χ3n) is 8.60. The smallest absolute Gasteiger partial charge is 0.413 e. The standard InChI is InChI=1S/C38H53N7O6/c1-7-50-22-31-43-33-34(45(31)23-38(4,5)49)28-13-8-9-14-29(28)42-35(33)44-37(48)51-21-25-15-17-27(18-16-25)41-36(47)26(12-10-11-19-39)20-30(46)32(40-6)24(2)3/h8-9,13-18,24,26,32,40,49H,7,10-12,19-23,39H2,1-6H3,(H,41,47)(H,42,44,48)/t26-,32+/m1/s1. The van der Waals surface area contributed by atoms with Gasteiger partial charge in [-0.3, -0.25) is 14.9 Å². The number of fused-ring (bicyclic) bond motifs is 3. The Balaban J connectivity index is 1.45. The Hall–Kier alpha value is -4.43. The van der Waals surface area contributed by atoms with E-state index in [0.29, 0.717) is 47.7 Å². The summed E-state index contributed by atoms with van der Waals surface area (Å²) in [7, 11) is 1.76. The number of benzene rings is 2. The number of carbonyl (C=O) groups is 3. The number of Topliss-reactive ketones (excluding diaryl/α,β-unsaturated/α-hetero) is 1. The first-order valence-electron chi connectivity index (χ1n) is 17.7. The highest BCUT2D eigenvalue weighted by molar-refractivity contribution is 6.09. The number of nitrogens with zero attached hydrogens (tertiary/aromatic N) is 3. The van der Waals surface area contributed by atoms with Crippen molar-refractivity contribution in [2.45, 2.75) is 91.7 Å². The second kappa shape index (κ2) is 18.2. The Morgan fingerprint density at radius 1 is 1.00 bits per heavy atom. The molecule has 0 aliphatic heterocycles. The molecule has 276 valence electrons. The summed E-state index contributed by atoms with van der Waals surface area (Å²) in [5.41, 5.74) is 7.73.